The van der Waals surface area contributed by atoms with Gasteiger partial charge in [0, 0.05) is 19.1 Å². The Morgan fingerprint density at radius 1 is 1.38 bits per heavy atom. The van der Waals surface area contributed by atoms with Crippen LogP contribution in [0.1, 0.15) is 26.7 Å². The first kappa shape index (κ1) is 23.9. The lowest BCUT2D eigenvalue weighted by Gasteiger charge is -2.40. The third kappa shape index (κ3) is 6.17. The number of halogens is 1. The van der Waals surface area contributed by atoms with Gasteiger partial charge in [0.05, 0.1) is 23.2 Å². The molecular formula is C22H29ClN6O3. The maximum atomic E-state index is 11.7. The highest BCUT2D eigenvalue weighted by Crippen LogP contribution is 2.29. The third-order valence-corrected chi connectivity index (χ3v) is 5.41. The lowest BCUT2D eigenvalue weighted by Crippen LogP contribution is -2.55. The summed E-state index contributed by atoms with van der Waals surface area (Å²) >= 11 is 6.30. The molecule has 0 spiro atoms. The lowest BCUT2D eigenvalue weighted by atomic mass is 10.0. The van der Waals surface area contributed by atoms with Crippen molar-refractivity contribution in [3.63, 3.8) is 0 Å². The summed E-state index contributed by atoms with van der Waals surface area (Å²) in [7, 11) is 0. The van der Waals surface area contributed by atoms with Gasteiger partial charge in [0.1, 0.15) is 11.3 Å². The number of benzene rings is 1. The molecule has 1 unspecified atom stereocenters. The second kappa shape index (κ2) is 10.3. The monoisotopic (exact) mass is 460 g/mol. The van der Waals surface area contributed by atoms with Crippen molar-refractivity contribution in [1.82, 2.24) is 14.9 Å². The minimum absolute atomic E-state index is 0.00561. The van der Waals surface area contributed by atoms with Crippen molar-refractivity contribution in [2.75, 3.05) is 29.0 Å². The van der Waals surface area contributed by atoms with Gasteiger partial charge in [-0.05, 0) is 44.9 Å². The van der Waals surface area contributed by atoms with Gasteiger partial charge in [-0.1, -0.05) is 30.3 Å². The van der Waals surface area contributed by atoms with E-state index < -0.39 is 11.8 Å². The van der Waals surface area contributed by atoms with Crippen molar-refractivity contribution in [3.05, 3.63) is 48.1 Å². The molecule has 2 atom stereocenters. The van der Waals surface area contributed by atoms with Gasteiger partial charge in [-0.15, -0.1) is 0 Å². The zero-order valence-electron chi connectivity index (χ0n) is 18.2. The standard InChI is InChI=1S/C22H29ClN6O3/c1-4-18(30)26-16-9-5-6-10-17(16)27-19-15(23)12-24-21(28-19)25-14-8-7-11-29(13-14)20(31)22(2,3)32/h4-6,9-10,12,14,20,31-32H,1,7-8,11,13H2,2-3H3,(H,26,30)(H2,24,25,27,28)/t14-,20?/m0/s1. The first-order valence-electron chi connectivity index (χ1n) is 10.4. The summed E-state index contributed by atoms with van der Waals surface area (Å²) < 4.78 is 0. The molecule has 172 valence electrons. The number of nitrogens with one attached hydrogen (secondary N) is 3. The van der Waals surface area contributed by atoms with E-state index in [4.69, 9.17) is 11.6 Å². The average Bonchev–Trinajstić information content (AvgIpc) is 2.76. The van der Waals surface area contributed by atoms with E-state index in [1.165, 1.54) is 12.3 Å². The van der Waals surface area contributed by atoms with Gasteiger partial charge in [0.25, 0.3) is 0 Å². The number of rotatable bonds is 8. The van der Waals surface area contributed by atoms with Crippen molar-refractivity contribution in [1.29, 1.82) is 0 Å². The fraction of sp³-hybridized carbons (Fsp3) is 0.409. The van der Waals surface area contributed by atoms with Crippen LogP contribution in [0, 0.1) is 0 Å². The number of likely N-dealkylation sites (tertiary alicyclic amines) is 1. The normalized spacial score (nSPS) is 18.0. The summed E-state index contributed by atoms with van der Waals surface area (Å²) in [6.45, 7) is 7.88. The predicted molar refractivity (Wildman–Crippen MR) is 126 cm³/mol. The fourth-order valence-electron chi connectivity index (χ4n) is 3.51. The van der Waals surface area contributed by atoms with E-state index in [1.807, 2.05) is 11.0 Å². The van der Waals surface area contributed by atoms with Gasteiger partial charge in [-0.25, -0.2) is 4.98 Å². The number of aliphatic hydroxyl groups is 2. The molecule has 1 fully saturated rings. The van der Waals surface area contributed by atoms with Gasteiger partial charge in [0.2, 0.25) is 11.9 Å². The summed E-state index contributed by atoms with van der Waals surface area (Å²) in [5.41, 5.74) is -0.0408. The topological polar surface area (TPSA) is 123 Å². The van der Waals surface area contributed by atoms with E-state index in [-0.39, 0.29) is 11.9 Å². The van der Waals surface area contributed by atoms with Crippen molar-refractivity contribution < 1.29 is 15.0 Å². The summed E-state index contributed by atoms with van der Waals surface area (Å²) in [6.07, 6.45) is 3.47. The third-order valence-electron chi connectivity index (χ3n) is 5.13. The van der Waals surface area contributed by atoms with Crippen LogP contribution < -0.4 is 16.0 Å². The highest BCUT2D eigenvalue weighted by Gasteiger charge is 2.33. The SMILES string of the molecule is C=CC(=O)Nc1ccccc1Nc1nc(N[C@H]2CCCN(C(O)C(C)(C)O)C2)ncc1Cl. The zero-order valence-corrected chi connectivity index (χ0v) is 18.9. The summed E-state index contributed by atoms with van der Waals surface area (Å²) in [5, 5.41) is 30.0. The maximum Gasteiger partial charge on any atom is 0.247 e. The number of aliphatic hydroxyl groups excluding tert-OH is 1. The van der Waals surface area contributed by atoms with Crippen LogP contribution in [0.3, 0.4) is 0 Å². The minimum Gasteiger partial charge on any atom is -0.386 e. The Kier molecular flexibility index (Phi) is 7.68. The molecule has 0 saturated carbocycles. The maximum absolute atomic E-state index is 11.7. The molecule has 0 radical (unpaired) electrons. The van der Waals surface area contributed by atoms with Gasteiger partial charge in [-0.3, -0.25) is 9.69 Å². The molecule has 32 heavy (non-hydrogen) atoms. The Morgan fingerprint density at radius 3 is 2.78 bits per heavy atom. The second-order valence-electron chi connectivity index (χ2n) is 8.26. The molecule has 2 heterocycles. The van der Waals surface area contributed by atoms with Crippen molar-refractivity contribution in [3.8, 4) is 0 Å². The van der Waals surface area contributed by atoms with Crippen molar-refractivity contribution in [2.24, 2.45) is 0 Å². The van der Waals surface area contributed by atoms with Gasteiger partial charge < -0.3 is 26.2 Å². The molecule has 10 heteroatoms. The molecule has 9 nitrogen and oxygen atoms in total. The van der Waals surface area contributed by atoms with E-state index in [1.54, 1.807) is 32.0 Å². The number of amides is 1. The van der Waals surface area contributed by atoms with Gasteiger partial charge in [0.15, 0.2) is 5.82 Å². The highest BCUT2D eigenvalue weighted by molar-refractivity contribution is 6.33. The Hall–Kier alpha value is -2.72. The lowest BCUT2D eigenvalue weighted by molar-refractivity contribution is -0.136. The Balaban J connectivity index is 1.73. The average molecular weight is 461 g/mol. The fourth-order valence-corrected chi connectivity index (χ4v) is 3.65. The van der Waals surface area contributed by atoms with Crippen LogP contribution in [-0.2, 0) is 4.79 Å². The minimum atomic E-state index is -1.22. The molecule has 5 N–H and O–H groups in total. The highest BCUT2D eigenvalue weighted by atomic mass is 35.5. The number of anilines is 4. The molecule has 1 aliphatic heterocycles. The number of carbonyl (C=O) groups is 1. The van der Waals surface area contributed by atoms with E-state index >= 15 is 0 Å². The van der Waals surface area contributed by atoms with Crippen LogP contribution >= 0.6 is 11.6 Å². The summed E-state index contributed by atoms with van der Waals surface area (Å²) in [6, 6.07) is 7.16. The second-order valence-corrected chi connectivity index (χ2v) is 8.67. The summed E-state index contributed by atoms with van der Waals surface area (Å²) in [5.74, 6) is 0.438. The van der Waals surface area contributed by atoms with Crippen LogP contribution in [0.25, 0.3) is 0 Å². The number of hydrogen-bond acceptors (Lipinski definition) is 8. The van der Waals surface area contributed by atoms with E-state index in [0.29, 0.717) is 41.3 Å². The van der Waals surface area contributed by atoms with Crippen LogP contribution in [0.15, 0.2) is 43.1 Å². The van der Waals surface area contributed by atoms with Crippen molar-refractivity contribution in [2.45, 2.75) is 44.6 Å². The Morgan fingerprint density at radius 2 is 2.09 bits per heavy atom. The summed E-state index contributed by atoms with van der Waals surface area (Å²) in [4.78, 5) is 22.3. The molecule has 0 bridgehead atoms. The number of hydrogen-bond donors (Lipinski definition) is 5. The largest absolute Gasteiger partial charge is 0.386 e. The first-order chi connectivity index (χ1) is 15.2. The molecular weight excluding hydrogens is 432 g/mol. The zero-order chi connectivity index (χ0) is 23.3. The molecule has 1 aromatic carbocycles. The Bertz CT molecular complexity index is 965. The first-order valence-corrected chi connectivity index (χ1v) is 10.8. The number of para-hydroxylation sites is 2. The number of piperidine rings is 1. The smallest absolute Gasteiger partial charge is 0.247 e. The van der Waals surface area contributed by atoms with E-state index in [2.05, 4.69) is 32.5 Å². The quantitative estimate of drug-likeness (QED) is 0.381. The molecule has 1 amide bonds. The van der Waals surface area contributed by atoms with Crippen LogP contribution in [0.2, 0.25) is 5.02 Å². The molecule has 0 aliphatic carbocycles. The Labute approximate surface area is 192 Å². The van der Waals surface area contributed by atoms with Crippen LogP contribution in [0.5, 0.6) is 0 Å². The molecule has 1 aliphatic rings. The number of aromatic nitrogens is 2. The molecule has 2 aromatic rings. The number of nitrogens with zero attached hydrogens (tertiary/aromatic N) is 3. The molecule has 1 saturated heterocycles. The molecule has 3 rings (SSSR count). The van der Waals surface area contributed by atoms with Gasteiger partial charge >= 0.3 is 0 Å². The van der Waals surface area contributed by atoms with Crippen LogP contribution in [-0.4, -0.2) is 61.9 Å². The number of carbonyl (C=O) groups excluding carboxylic acids is 1. The van der Waals surface area contributed by atoms with Crippen molar-refractivity contribution >= 4 is 40.6 Å². The van der Waals surface area contributed by atoms with Crippen LogP contribution in [0.4, 0.5) is 23.1 Å². The van der Waals surface area contributed by atoms with Gasteiger partial charge in [-0.2, -0.15) is 4.98 Å². The molecule has 1 aromatic heterocycles. The predicted octanol–water partition coefficient (Wildman–Crippen LogP) is 2.96. The van der Waals surface area contributed by atoms with E-state index in [0.717, 1.165) is 12.8 Å². The van der Waals surface area contributed by atoms with E-state index in [9.17, 15) is 15.0 Å².